The van der Waals surface area contributed by atoms with Crippen molar-refractivity contribution in [2.75, 3.05) is 0 Å². The second-order valence-electron chi connectivity index (χ2n) is 22.8. The molecule has 0 bridgehead atoms. The van der Waals surface area contributed by atoms with Crippen LogP contribution in [0.4, 0.5) is 0 Å². The Kier molecular flexibility index (Phi) is 11.8. The summed E-state index contributed by atoms with van der Waals surface area (Å²) in [6.45, 7) is 24.9. The van der Waals surface area contributed by atoms with Gasteiger partial charge in [-0.3, -0.25) is 0 Å². The van der Waals surface area contributed by atoms with Gasteiger partial charge in [-0.25, -0.2) is 0 Å². The second-order valence-corrected chi connectivity index (χ2v) is 23.7. The van der Waals surface area contributed by atoms with Gasteiger partial charge in [0.05, 0.1) is 56.0 Å². The van der Waals surface area contributed by atoms with Crippen LogP contribution in [0, 0.1) is 6.08 Å². The van der Waals surface area contributed by atoms with Crippen LogP contribution in [0.5, 0.6) is 0 Å². The van der Waals surface area contributed by atoms with E-state index in [0.29, 0.717) is 0 Å². The summed E-state index contributed by atoms with van der Waals surface area (Å²) in [6, 6.07) is 51.7. The first kappa shape index (κ1) is 48.9. The van der Waals surface area contributed by atoms with Crippen molar-refractivity contribution in [1.29, 1.82) is 0 Å². The molecule has 4 aliphatic rings. The minimum absolute atomic E-state index is 0.347. The smallest absolute Gasteiger partial charge is 0.399 e. The SMILES string of the molecule is Brc1ccc2c3c1ccc1cccc(c13)[C+]=C2.CC1(C)OB(c2cccc(-c3ccc4ccc5cccc6ccc3c4c56)c2)OC1(C)C.CC1(C)OB(c2cccc(B3OC(C)(C)C(C)(C)O3)c2)OC1(C)C. The Bertz CT molecular complexity index is 3500. The fourth-order valence-electron chi connectivity index (χ4n) is 10.2. The third-order valence-electron chi connectivity index (χ3n) is 16.6. The highest BCUT2D eigenvalue weighted by molar-refractivity contribution is 9.10. The van der Waals surface area contributed by atoms with E-state index in [1.165, 1.54) is 76.1 Å². The highest BCUT2D eigenvalue weighted by atomic mass is 79.9. The zero-order chi connectivity index (χ0) is 50.8. The Morgan fingerprint density at radius 2 is 0.792 bits per heavy atom. The van der Waals surface area contributed by atoms with E-state index in [0.717, 1.165) is 20.9 Å². The number of halogens is 1. The van der Waals surface area contributed by atoms with Gasteiger partial charge in [0, 0.05) is 27.4 Å². The largest absolute Gasteiger partial charge is 0.494 e. The molecule has 0 spiro atoms. The molecule has 9 aromatic rings. The van der Waals surface area contributed by atoms with E-state index in [1.807, 2.05) is 18.2 Å². The molecule has 3 saturated heterocycles. The summed E-state index contributed by atoms with van der Waals surface area (Å²) >= 11 is 3.63. The lowest BCUT2D eigenvalue weighted by Gasteiger charge is -2.32. The van der Waals surface area contributed by atoms with Crippen LogP contribution < -0.4 is 16.4 Å². The molecule has 13 rings (SSSR count). The van der Waals surface area contributed by atoms with Gasteiger partial charge in [-0.2, -0.15) is 0 Å². The maximum atomic E-state index is 6.30. The minimum atomic E-state index is -0.377. The molecular weight excluding hydrogens is 953 g/mol. The summed E-state index contributed by atoms with van der Waals surface area (Å²) in [5, 5.41) is 13.1. The van der Waals surface area contributed by atoms with E-state index in [4.69, 9.17) is 27.9 Å². The first-order valence-corrected chi connectivity index (χ1v) is 26.0. The van der Waals surface area contributed by atoms with Crippen LogP contribution in [0.2, 0.25) is 0 Å². The normalized spacial score (nSPS) is 19.5. The summed E-state index contributed by atoms with van der Waals surface area (Å²) in [7, 11) is -1.11. The van der Waals surface area contributed by atoms with E-state index >= 15 is 0 Å². The number of rotatable bonds is 4. The Balaban J connectivity index is 0.000000122. The lowest BCUT2D eigenvalue weighted by atomic mass is 9.72. The van der Waals surface area contributed by atoms with Crippen LogP contribution in [0.25, 0.3) is 71.1 Å². The third-order valence-corrected chi connectivity index (χ3v) is 17.3. The van der Waals surface area contributed by atoms with Gasteiger partial charge in [-0.1, -0.05) is 119 Å². The Labute approximate surface area is 434 Å². The average Bonchev–Trinajstić information content (AvgIpc) is 3.82. The predicted octanol–water partition coefficient (Wildman–Crippen LogP) is 13.8. The van der Waals surface area contributed by atoms with E-state index in [-0.39, 0.29) is 55.0 Å². The summed E-state index contributed by atoms with van der Waals surface area (Å²) in [5.74, 6) is 0. The molecule has 1 aliphatic carbocycles. The Morgan fingerprint density at radius 3 is 1.33 bits per heavy atom. The summed E-state index contributed by atoms with van der Waals surface area (Å²) in [4.78, 5) is 0. The molecule has 9 aromatic carbocycles. The fourth-order valence-corrected chi connectivity index (χ4v) is 10.7. The predicted molar refractivity (Wildman–Crippen MR) is 305 cm³/mol. The topological polar surface area (TPSA) is 55.4 Å². The molecule has 0 saturated carbocycles. The van der Waals surface area contributed by atoms with Crippen molar-refractivity contribution in [3.8, 4) is 11.1 Å². The van der Waals surface area contributed by atoms with E-state index < -0.39 is 0 Å². The maximum absolute atomic E-state index is 6.30. The second kappa shape index (κ2) is 17.4. The number of hydrogen-bond donors (Lipinski definition) is 0. The molecule has 0 atom stereocenters. The van der Waals surface area contributed by atoms with Gasteiger partial charge >= 0.3 is 21.4 Å². The van der Waals surface area contributed by atoms with Gasteiger partial charge < -0.3 is 27.9 Å². The molecular formula is C62H61B3BrO6+. The van der Waals surface area contributed by atoms with Crippen molar-refractivity contribution in [2.24, 2.45) is 0 Å². The molecule has 3 aliphatic heterocycles. The van der Waals surface area contributed by atoms with Gasteiger partial charge in [0.1, 0.15) is 0 Å². The molecule has 0 amide bonds. The van der Waals surface area contributed by atoms with E-state index in [2.05, 4.69) is 239 Å². The van der Waals surface area contributed by atoms with Crippen molar-refractivity contribution in [2.45, 2.75) is 117 Å². The van der Waals surface area contributed by atoms with E-state index in [9.17, 15) is 0 Å². The molecule has 0 unspecified atom stereocenters. The molecule has 0 aromatic heterocycles. The zero-order valence-corrected chi connectivity index (χ0v) is 45.1. The zero-order valence-electron chi connectivity index (χ0n) is 43.5. The Hall–Kier alpha value is -5.38. The van der Waals surface area contributed by atoms with Crippen LogP contribution in [0.3, 0.4) is 0 Å². The van der Waals surface area contributed by atoms with Crippen molar-refractivity contribution >= 4 is 114 Å². The number of benzene rings is 9. The maximum Gasteiger partial charge on any atom is 0.494 e. The Morgan fingerprint density at radius 1 is 0.375 bits per heavy atom. The lowest BCUT2D eigenvalue weighted by molar-refractivity contribution is 0.00578. The monoisotopic (exact) mass is 1010 g/mol. The first-order valence-electron chi connectivity index (χ1n) is 25.2. The molecule has 3 heterocycles. The molecule has 10 heteroatoms. The van der Waals surface area contributed by atoms with Crippen LogP contribution in [-0.2, 0) is 27.9 Å². The van der Waals surface area contributed by atoms with Crippen molar-refractivity contribution in [3.63, 3.8) is 0 Å². The van der Waals surface area contributed by atoms with Gasteiger partial charge in [0.25, 0.3) is 0 Å². The summed E-state index contributed by atoms with van der Waals surface area (Å²) in [6.07, 6.45) is 5.45. The van der Waals surface area contributed by atoms with Crippen molar-refractivity contribution < 1.29 is 27.9 Å². The third kappa shape index (κ3) is 8.29. The van der Waals surface area contributed by atoms with Gasteiger partial charge in [0.2, 0.25) is 0 Å². The van der Waals surface area contributed by atoms with Crippen LogP contribution >= 0.6 is 15.9 Å². The number of hydrogen-bond acceptors (Lipinski definition) is 6. The summed E-state index contributed by atoms with van der Waals surface area (Å²) in [5.41, 5.74) is 5.82. The molecule has 72 heavy (non-hydrogen) atoms. The molecule has 0 N–H and O–H groups in total. The lowest BCUT2D eigenvalue weighted by Crippen LogP contribution is -2.41. The van der Waals surface area contributed by atoms with Crippen molar-refractivity contribution in [1.82, 2.24) is 0 Å². The highest BCUT2D eigenvalue weighted by Crippen LogP contribution is 2.42. The molecule has 3 fully saturated rings. The quantitative estimate of drug-likeness (QED) is 0.0995. The minimum Gasteiger partial charge on any atom is -0.399 e. The average molecular weight is 1010 g/mol. The van der Waals surface area contributed by atoms with Crippen LogP contribution in [-0.4, -0.2) is 55.0 Å². The highest BCUT2D eigenvalue weighted by Gasteiger charge is 2.54. The molecule has 6 nitrogen and oxygen atoms in total. The fraction of sp³-hybridized carbons (Fsp3) is 0.290. The van der Waals surface area contributed by atoms with Gasteiger partial charge in [0.15, 0.2) is 5.56 Å². The van der Waals surface area contributed by atoms with Crippen LogP contribution in [0.15, 0.2) is 150 Å². The van der Waals surface area contributed by atoms with Crippen LogP contribution in [0.1, 0.15) is 94.2 Å². The van der Waals surface area contributed by atoms with E-state index in [1.54, 1.807) is 0 Å². The molecule has 0 radical (unpaired) electrons. The van der Waals surface area contributed by atoms with Crippen molar-refractivity contribution in [3.05, 3.63) is 167 Å². The summed E-state index contributed by atoms with van der Waals surface area (Å²) < 4.78 is 38.3. The first-order chi connectivity index (χ1) is 34.0. The molecule has 360 valence electrons. The standard InChI is InChI=1S/C28H25BO2.C18H28B2O4.C16H8Br/c1-27(2)28(3,4)31-29(30-27)22-10-6-9-21(17-22)23-15-13-20-12-11-18-7-5-8-19-14-16-24(23)26(20)25(18)19;1-15(2)16(3,4)22-19(21-15)13-10-9-11-14(12-13)20-23-17(5,6)18(7,8)24-20;17-14-9-7-12-5-4-10-2-1-3-11-6-8-13(14)16(12)15(10)11/h5-17H,1-4H3;9-12H,1-8H3;1-3,5-9H/q;;+1. The van der Waals surface area contributed by atoms with Gasteiger partial charge in [-0.05, 0) is 179 Å². The van der Waals surface area contributed by atoms with Gasteiger partial charge in [-0.15, -0.1) is 0 Å².